The van der Waals surface area contributed by atoms with Crippen molar-refractivity contribution in [1.29, 1.82) is 0 Å². The molecular weight excluding hydrogens is 298 g/mol. The highest BCUT2D eigenvalue weighted by Gasteiger charge is 2.52. The number of aliphatic hydroxyl groups excluding tert-OH is 1. The van der Waals surface area contributed by atoms with E-state index in [1.807, 2.05) is 6.92 Å². The fraction of sp³-hybridized carbons (Fsp3) is 0.476. The molecule has 5 atom stereocenters. The van der Waals surface area contributed by atoms with Crippen LogP contribution in [-0.2, 0) is 4.79 Å². The zero-order valence-corrected chi connectivity index (χ0v) is 14.4. The lowest BCUT2D eigenvalue weighted by Gasteiger charge is -2.43. The van der Waals surface area contributed by atoms with Gasteiger partial charge in [-0.05, 0) is 42.1 Å². The number of rotatable bonds is 3. The molecule has 0 aromatic heterocycles. The third-order valence-electron chi connectivity index (χ3n) is 6.20. The molecule has 3 nitrogen and oxygen atoms in total. The number of fused-ring (bicyclic) bond motifs is 3. The molecule has 2 fully saturated rings. The number of nitrogens with zero attached hydrogens (tertiary/aromatic N) is 1. The van der Waals surface area contributed by atoms with Gasteiger partial charge in [0.1, 0.15) is 5.78 Å². The summed E-state index contributed by atoms with van der Waals surface area (Å²) in [7, 11) is 2.07. The largest absolute Gasteiger partial charge is 0.391 e. The van der Waals surface area contributed by atoms with Crippen LogP contribution in [0.3, 0.4) is 0 Å². The van der Waals surface area contributed by atoms with Crippen molar-refractivity contribution in [3.8, 4) is 0 Å². The van der Waals surface area contributed by atoms with Gasteiger partial charge in [0.25, 0.3) is 0 Å². The molecule has 2 saturated heterocycles. The average Bonchev–Trinajstić information content (AvgIpc) is 2.79. The van der Waals surface area contributed by atoms with Crippen LogP contribution < -0.4 is 0 Å². The lowest BCUT2D eigenvalue weighted by molar-refractivity contribution is -0.128. The number of Topliss-reactive ketones (excluding diaryl/α,β-unsaturated/α-hetero) is 1. The summed E-state index contributed by atoms with van der Waals surface area (Å²) in [5.74, 6) is 0.393. The Morgan fingerprint density at radius 3 is 2.67 bits per heavy atom. The van der Waals surface area contributed by atoms with Crippen LogP contribution in [0.25, 0.3) is 10.8 Å². The summed E-state index contributed by atoms with van der Waals surface area (Å²) >= 11 is 0. The number of hydrogen-bond acceptors (Lipinski definition) is 3. The highest BCUT2D eigenvalue weighted by atomic mass is 16.3. The second kappa shape index (κ2) is 5.98. The number of aliphatic hydroxyl groups is 1. The quantitative estimate of drug-likeness (QED) is 0.941. The van der Waals surface area contributed by atoms with Gasteiger partial charge in [0.05, 0.1) is 6.10 Å². The topological polar surface area (TPSA) is 40.5 Å². The van der Waals surface area contributed by atoms with Crippen LogP contribution in [0.15, 0.2) is 42.5 Å². The van der Waals surface area contributed by atoms with E-state index in [0.717, 1.165) is 12.8 Å². The molecule has 2 aromatic carbocycles. The zero-order valence-electron chi connectivity index (χ0n) is 14.4. The van der Waals surface area contributed by atoms with Crippen molar-refractivity contribution < 1.29 is 9.90 Å². The van der Waals surface area contributed by atoms with Gasteiger partial charge < -0.3 is 5.11 Å². The van der Waals surface area contributed by atoms with E-state index in [1.54, 1.807) is 0 Å². The molecule has 2 bridgehead atoms. The molecule has 0 saturated carbocycles. The first-order valence-corrected chi connectivity index (χ1v) is 9.01. The minimum atomic E-state index is -0.383. The normalized spacial score (nSPS) is 33.0. The lowest BCUT2D eigenvalue weighted by atomic mass is 9.73. The van der Waals surface area contributed by atoms with Crippen molar-refractivity contribution in [1.82, 2.24) is 4.90 Å². The summed E-state index contributed by atoms with van der Waals surface area (Å²) in [5, 5.41) is 13.0. The van der Waals surface area contributed by atoms with E-state index in [9.17, 15) is 9.90 Å². The van der Waals surface area contributed by atoms with Crippen molar-refractivity contribution >= 4 is 16.6 Å². The van der Waals surface area contributed by atoms with Crippen LogP contribution >= 0.6 is 0 Å². The molecule has 24 heavy (non-hydrogen) atoms. The van der Waals surface area contributed by atoms with E-state index in [2.05, 4.69) is 54.4 Å². The molecule has 2 aromatic rings. The third-order valence-corrected chi connectivity index (χ3v) is 6.20. The zero-order chi connectivity index (χ0) is 16.8. The van der Waals surface area contributed by atoms with Crippen LogP contribution in [-0.4, -0.2) is 41.0 Å². The number of ketones is 1. The molecule has 0 spiro atoms. The fourth-order valence-corrected chi connectivity index (χ4v) is 4.96. The van der Waals surface area contributed by atoms with Crippen molar-refractivity contribution in [3.05, 3.63) is 48.0 Å². The number of piperidine rings is 1. The average molecular weight is 323 g/mol. The van der Waals surface area contributed by atoms with Crippen molar-refractivity contribution in [2.45, 2.75) is 50.3 Å². The Morgan fingerprint density at radius 2 is 1.92 bits per heavy atom. The van der Waals surface area contributed by atoms with Crippen LogP contribution in [0.2, 0.25) is 0 Å². The van der Waals surface area contributed by atoms with E-state index in [-0.39, 0.29) is 29.8 Å². The second-order valence-corrected chi connectivity index (χ2v) is 7.41. The standard InChI is InChI=1S/C21H25NO2/c1-3-18(23)20-17(11-16-12-19(24)21(20)22(16)2)15-9-8-13-6-4-5-7-14(13)10-15/h4-10,16-17,19-21,24H,3,11-12H2,1-2H3/t16?,17-,19?,20+,21+/m0/s1. The monoisotopic (exact) mass is 323 g/mol. The SMILES string of the molecule is CCC(=O)[C@@H]1[C@H]2C(O)CC(C[C@H]1c1ccc3ccccc3c1)N2C. The summed E-state index contributed by atoms with van der Waals surface area (Å²) in [4.78, 5) is 15.0. The molecule has 2 aliphatic heterocycles. The van der Waals surface area contributed by atoms with E-state index in [1.165, 1.54) is 16.3 Å². The number of likely N-dealkylation sites (N-methyl/N-ethyl adjacent to an activating group) is 1. The Labute approximate surface area is 143 Å². The Morgan fingerprint density at radius 1 is 1.17 bits per heavy atom. The van der Waals surface area contributed by atoms with Gasteiger partial charge in [-0.25, -0.2) is 0 Å². The summed E-state index contributed by atoms with van der Waals surface area (Å²) in [6.45, 7) is 1.94. The van der Waals surface area contributed by atoms with Gasteiger partial charge >= 0.3 is 0 Å². The molecule has 2 heterocycles. The number of benzene rings is 2. The minimum absolute atomic E-state index is 0.0346. The highest BCUT2D eigenvalue weighted by molar-refractivity contribution is 5.85. The smallest absolute Gasteiger partial charge is 0.137 e. The molecule has 3 heteroatoms. The highest BCUT2D eigenvalue weighted by Crippen LogP contribution is 2.47. The third kappa shape index (κ3) is 2.38. The lowest BCUT2D eigenvalue weighted by Crippen LogP contribution is -2.51. The molecule has 1 N–H and O–H groups in total. The van der Waals surface area contributed by atoms with Crippen molar-refractivity contribution in [2.24, 2.45) is 5.92 Å². The Hall–Kier alpha value is -1.71. The van der Waals surface area contributed by atoms with Crippen LogP contribution in [0, 0.1) is 5.92 Å². The summed E-state index contributed by atoms with van der Waals surface area (Å²) in [6.07, 6.45) is 1.90. The summed E-state index contributed by atoms with van der Waals surface area (Å²) < 4.78 is 0. The first kappa shape index (κ1) is 15.8. The Balaban J connectivity index is 1.78. The molecule has 0 radical (unpaired) electrons. The van der Waals surface area contributed by atoms with Crippen LogP contribution in [0.4, 0.5) is 0 Å². The first-order valence-electron chi connectivity index (χ1n) is 9.01. The molecule has 2 aliphatic rings. The summed E-state index contributed by atoms with van der Waals surface area (Å²) in [6, 6.07) is 15.3. The second-order valence-electron chi connectivity index (χ2n) is 7.41. The Bertz CT molecular complexity index is 771. The van der Waals surface area contributed by atoms with E-state index in [0.29, 0.717) is 12.5 Å². The van der Waals surface area contributed by atoms with Crippen LogP contribution in [0.5, 0.6) is 0 Å². The molecule has 2 unspecified atom stereocenters. The molecule has 0 aliphatic carbocycles. The first-order chi connectivity index (χ1) is 11.6. The maximum absolute atomic E-state index is 12.8. The minimum Gasteiger partial charge on any atom is -0.391 e. The van der Waals surface area contributed by atoms with E-state index >= 15 is 0 Å². The fourth-order valence-electron chi connectivity index (χ4n) is 4.96. The van der Waals surface area contributed by atoms with Gasteiger partial charge in [0, 0.05) is 24.4 Å². The van der Waals surface area contributed by atoms with Crippen molar-refractivity contribution in [2.75, 3.05) is 7.05 Å². The van der Waals surface area contributed by atoms with Gasteiger partial charge in [-0.3, -0.25) is 9.69 Å². The van der Waals surface area contributed by atoms with Gasteiger partial charge in [-0.15, -0.1) is 0 Å². The van der Waals surface area contributed by atoms with Gasteiger partial charge in [0.15, 0.2) is 0 Å². The van der Waals surface area contributed by atoms with Gasteiger partial charge in [-0.2, -0.15) is 0 Å². The number of hydrogen-bond donors (Lipinski definition) is 1. The number of carbonyl (C=O) groups is 1. The van der Waals surface area contributed by atoms with Crippen molar-refractivity contribution in [3.63, 3.8) is 0 Å². The maximum Gasteiger partial charge on any atom is 0.137 e. The summed E-state index contributed by atoms with van der Waals surface area (Å²) in [5.41, 5.74) is 1.25. The predicted octanol–water partition coefficient (Wildman–Crippen LogP) is 3.36. The van der Waals surface area contributed by atoms with Gasteiger partial charge in [0.2, 0.25) is 0 Å². The Kier molecular flexibility index (Phi) is 3.93. The van der Waals surface area contributed by atoms with E-state index < -0.39 is 0 Å². The number of carbonyl (C=O) groups excluding carboxylic acids is 1. The van der Waals surface area contributed by atoms with E-state index in [4.69, 9.17) is 0 Å². The van der Waals surface area contributed by atoms with Gasteiger partial charge in [-0.1, -0.05) is 49.4 Å². The maximum atomic E-state index is 12.8. The predicted molar refractivity (Wildman–Crippen MR) is 96.1 cm³/mol. The molecular formula is C21H25NO2. The molecule has 126 valence electrons. The van der Waals surface area contributed by atoms with Crippen LogP contribution in [0.1, 0.15) is 37.7 Å². The molecule has 0 amide bonds. The molecule has 4 rings (SSSR count).